The third-order valence-corrected chi connectivity index (χ3v) is 3.87. The van der Waals surface area contributed by atoms with E-state index in [0.29, 0.717) is 5.84 Å². The van der Waals surface area contributed by atoms with Crippen LogP contribution in [0.25, 0.3) is 0 Å². The Labute approximate surface area is 111 Å². The van der Waals surface area contributed by atoms with Crippen molar-refractivity contribution in [2.24, 2.45) is 22.2 Å². The lowest BCUT2D eigenvalue weighted by Gasteiger charge is -2.22. The molecule has 4 heteroatoms. The van der Waals surface area contributed by atoms with E-state index in [9.17, 15) is 0 Å². The van der Waals surface area contributed by atoms with Crippen molar-refractivity contribution in [3.8, 4) is 0 Å². The molecular weight excluding hydrogens is 226 g/mol. The molecule has 0 amide bonds. The second-order valence-electron chi connectivity index (χ2n) is 6.16. The molecular formula is C14H29N3O. The molecule has 0 heterocycles. The Morgan fingerprint density at radius 3 is 2.56 bits per heavy atom. The number of hydrogen-bond acceptors (Lipinski definition) is 3. The number of amidine groups is 1. The van der Waals surface area contributed by atoms with Gasteiger partial charge < -0.3 is 16.3 Å². The first-order valence-electron chi connectivity index (χ1n) is 7.25. The first kappa shape index (κ1) is 15.3. The normalized spacial score (nSPS) is 17.1. The van der Waals surface area contributed by atoms with Crippen LogP contribution in [-0.2, 0) is 0 Å². The maximum atomic E-state index is 8.67. The molecule has 18 heavy (non-hydrogen) atoms. The molecule has 1 fully saturated rings. The zero-order valence-corrected chi connectivity index (χ0v) is 11.9. The Bertz CT molecular complexity index is 260. The number of unbranched alkanes of at least 4 members (excludes halogenated alkanes) is 1. The molecule has 4 N–H and O–H groups in total. The quantitative estimate of drug-likeness (QED) is 0.185. The minimum atomic E-state index is -0.194. The highest BCUT2D eigenvalue weighted by molar-refractivity contribution is 5.85. The summed E-state index contributed by atoms with van der Waals surface area (Å²) in [5.41, 5.74) is 5.46. The summed E-state index contributed by atoms with van der Waals surface area (Å²) in [6.07, 6.45) is 8.88. The van der Waals surface area contributed by atoms with E-state index in [2.05, 4.69) is 10.5 Å². The summed E-state index contributed by atoms with van der Waals surface area (Å²) >= 11 is 0. The van der Waals surface area contributed by atoms with Crippen LogP contribution in [0.1, 0.15) is 58.8 Å². The molecule has 0 aromatic rings. The standard InChI is InChI=1S/C14H29N3O/c1-14(2,13(15)17-18)9-3-4-10-16-11-5-6-12-7-8-12/h12,16,18H,3-11H2,1-2H3,(H2,15,17). The highest BCUT2D eigenvalue weighted by Crippen LogP contribution is 2.33. The Morgan fingerprint density at radius 1 is 1.28 bits per heavy atom. The van der Waals surface area contributed by atoms with Crippen LogP contribution in [0, 0.1) is 11.3 Å². The van der Waals surface area contributed by atoms with E-state index < -0.39 is 0 Å². The number of rotatable bonds is 10. The van der Waals surface area contributed by atoms with Crippen LogP contribution >= 0.6 is 0 Å². The molecule has 0 aromatic carbocycles. The third-order valence-electron chi connectivity index (χ3n) is 3.87. The van der Waals surface area contributed by atoms with E-state index in [-0.39, 0.29) is 5.41 Å². The first-order valence-corrected chi connectivity index (χ1v) is 7.25. The number of nitrogens with one attached hydrogen (secondary N) is 1. The van der Waals surface area contributed by atoms with Crippen LogP contribution in [0.4, 0.5) is 0 Å². The van der Waals surface area contributed by atoms with Gasteiger partial charge in [-0.15, -0.1) is 0 Å². The summed E-state index contributed by atoms with van der Waals surface area (Å²) in [5, 5.41) is 15.3. The summed E-state index contributed by atoms with van der Waals surface area (Å²) in [5.74, 6) is 1.38. The molecule has 0 aliphatic heterocycles. The second-order valence-corrected chi connectivity index (χ2v) is 6.16. The van der Waals surface area contributed by atoms with Crippen molar-refractivity contribution in [1.82, 2.24) is 5.32 Å². The molecule has 0 radical (unpaired) electrons. The fourth-order valence-corrected chi connectivity index (χ4v) is 2.13. The Kier molecular flexibility index (Phi) is 6.47. The fraction of sp³-hybridized carbons (Fsp3) is 0.929. The molecule has 0 aromatic heterocycles. The van der Waals surface area contributed by atoms with Crippen molar-refractivity contribution in [2.45, 2.75) is 58.8 Å². The molecule has 0 saturated heterocycles. The van der Waals surface area contributed by atoms with Gasteiger partial charge in [0.05, 0.1) is 0 Å². The van der Waals surface area contributed by atoms with E-state index in [1.165, 1.54) is 25.7 Å². The van der Waals surface area contributed by atoms with E-state index in [1.807, 2.05) is 13.8 Å². The number of nitrogens with zero attached hydrogens (tertiary/aromatic N) is 1. The molecule has 1 rings (SSSR count). The third kappa shape index (κ3) is 6.24. The number of nitrogens with two attached hydrogens (primary N) is 1. The van der Waals surface area contributed by atoms with Crippen molar-refractivity contribution < 1.29 is 5.21 Å². The first-order chi connectivity index (χ1) is 8.56. The van der Waals surface area contributed by atoms with Gasteiger partial charge in [-0.05, 0) is 44.7 Å². The number of hydrogen-bond donors (Lipinski definition) is 3. The van der Waals surface area contributed by atoms with Crippen LogP contribution in [0.15, 0.2) is 5.16 Å². The van der Waals surface area contributed by atoms with Crippen molar-refractivity contribution in [2.75, 3.05) is 13.1 Å². The summed E-state index contributed by atoms with van der Waals surface area (Å²) in [6, 6.07) is 0. The predicted octanol–water partition coefficient (Wildman–Crippen LogP) is 2.71. The zero-order valence-electron chi connectivity index (χ0n) is 11.9. The highest BCUT2D eigenvalue weighted by atomic mass is 16.4. The van der Waals surface area contributed by atoms with Gasteiger partial charge in [0.15, 0.2) is 0 Å². The van der Waals surface area contributed by atoms with Gasteiger partial charge in [-0.1, -0.05) is 38.3 Å². The molecule has 0 bridgehead atoms. The lowest BCUT2D eigenvalue weighted by atomic mass is 9.86. The average Bonchev–Trinajstić information content (AvgIpc) is 3.15. The smallest absolute Gasteiger partial charge is 0.144 e. The number of oxime groups is 1. The van der Waals surface area contributed by atoms with Crippen molar-refractivity contribution in [3.05, 3.63) is 0 Å². The fourth-order valence-electron chi connectivity index (χ4n) is 2.13. The molecule has 106 valence electrons. The Balaban J connectivity index is 1.90. The summed E-state index contributed by atoms with van der Waals surface area (Å²) < 4.78 is 0. The predicted molar refractivity (Wildman–Crippen MR) is 75.9 cm³/mol. The Hall–Kier alpha value is -0.770. The minimum Gasteiger partial charge on any atom is -0.409 e. The summed E-state index contributed by atoms with van der Waals surface area (Å²) in [6.45, 7) is 6.27. The molecule has 1 aliphatic carbocycles. The van der Waals surface area contributed by atoms with Gasteiger partial charge in [0, 0.05) is 5.41 Å². The van der Waals surface area contributed by atoms with Crippen LogP contribution < -0.4 is 11.1 Å². The van der Waals surface area contributed by atoms with E-state index in [0.717, 1.165) is 38.3 Å². The van der Waals surface area contributed by atoms with Crippen LogP contribution in [0.2, 0.25) is 0 Å². The molecule has 1 aliphatic rings. The molecule has 1 saturated carbocycles. The van der Waals surface area contributed by atoms with Crippen LogP contribution in [0.3, 0.4) is 0 Å². The minimum absolute atomic E-state index is 0.194. The van der Waals surface area contributed by atoms with Gasteiger partial charge in [-0.3, -0.25) is 0 Å². The van der Waals surface area contributed by atoms with Crippen LogP contribution in [-0.4, -0.2) is 24.1 Å². The van der Waals surface area contributed by atoms with Gasteiger partial charge in [-0.2, -0.15) is 0 Å². The molecule has 0 spiro atoms. The highest BCUT2D eigenvalue weighted by Gasteiger charge is 2.22. The van der Waals surface area contributed by atoms with Gasteiger partial charge in [0.1, 0.15) is 5.84 Å². The van der Waals surface area contributed by atoms with Gasteiger partial charge >= 0.3 is 0 Å². The summed E-state index contributed by atoms with van der Waals surface area (Å²) in [4.78, 5) is 0. The monoisotopic (exact) mass is 255 g/mol. The van der Waals surface area contributed by atoms with Gasteiger partial charge in [0.2, 0.25) is 0 Å². The molecule has 0 unspecified atom stereocenters. The van der Waals surface area contributed by atoms with Crippen molar-refractivity contribution >= 4 is 5.84 Å². The van der Waals surface area contributed by atoms with Crippen molar-refractivity contribution in [3.63, 3.8) is 0 Å². The maximum Gasteiger partial charge on any atom is 0.144 e. The van der Waals surface area contributed by atoms with Crippen LogP contribution in [0.5, 0.6) is 0 Å². The Morgan fingerprint density at radius 2 is 1.94 bits per heavy atom. The molecule has 0 atom stereocenters. The zero-order chi connectivity index (χ0) is 13.4. The van der Waals surface area contributed by atoms with Gasteiger partial charge in [0.25, 0.3) is 0 Å². The van der Waals surface area contributed by atoms with Gasteiger partial charge in [-0.25, -0.2) is 0 Å². The lowest BCUT2D eigenvalue weighted by Crippen LogP contribution is -2.32. The van der Waals surface area contributed by atoms with E-state index in [4.69, 9.17) is 10.9 Å². The lowest BCUT2D eigenvalue weighted by molar-refractivity contribution is 0.304. The largest absolute Gasteiger partial charge is 0.409 e. The molecule has 4 nitrogen and oxygen atoms in total. The summed E-state index contributed by atoms with van der Waals surface area (Å²) in [7, 11) is 0. The van der Waals surface area contributed by atoms with Crippen molar-refractivity contribution in [1.29, 1.82) is 0 Å². The van der Waals surface area contributed by atoms with E-state index >= 15 is 0 Å². The second kappa shape index (κ2) is 7.62. The SMILES string of the molecule is CC(C)(CCCCNCCCC1CC1)C(N)=NO. The maximum absolute atomic E-state index is 8.67. The topological polar surface area (TPSA) is 70.6 Å². The average molecular weight is 255 g/mol. The van der Waals surface area contributed by atoms with E-state index in [1.54, 1.807) is 0 Å².